The molecule has 0 atom stereocenters. The Morgan fingerprint density at radius 1 is 1.06 bits per heavy atom. The van der Waals surface area contributed by atoms with Crippen molar-refractivity contribution in [2.45, 2.75) is 27.3 Å². The van der Waals surface area contributed by atoms with Crippen LogP contribution >= 0.6 is 0 Å². The van der Waals surface area contributed by atoms with Crippen LogP contribution in [0.4, 0.5) is 0 Å². The molecule has 0 fully saturated rings. The van der Waals surface area contributed by atoms with Gasteiger partial charge >= 0.3 is 0 Å². The third-order valence-corrected chi connectivity index (χ3v) is 5.80. The molecule has 3 aromatic heterocycles. The van der Waals surface area contributed by atoms with Gasteiger partial charge in [0, 0.05) is 35.5 Å². The fourth-order valence-corrected chi connectivity index (χ4v) is 3.86. The molecule has 0 bridgehead atoms. The predicted molar refractivity (Wildman–Crippen MR) is 138 cm³/mol. The third kappa shape index (κ3) is 5.47. The van der Waals surface area contributed by atoms with Crippen LogP contribution in [-0.4, -0.2) is 37.0 Å². The number of carbonyl (C=O) groups excluding carboxylic acids is 2. The molecular weight excluding hydrogens is 454 g/mol. The van der Waals surface area contributed by atoms with Crippen LogP contribution in [0.25, 0.3) is 22.2 Å². The Hall–Kier alpha value is -4.79. The maximum absolute atomic E-state index is 12.4. The van der Waals surface area contributed by atoms with Gasteiger partial charge in [0.25, 0.3) is 11.8 Å². The smallest absolute Gasteiger partial charge is 0.266 e. The zero-order chi connectivity index (χ0) is 25.7. The molecule has 9 heteroatoms. The number of hydrogen-bond donors (Lipinski definition) is 4. The van der Waals surface area contributed by atoms with Crippen LogP contribution in [0.1, 0.15) is 43.2 Å². The van der Waals surface area contributed by atoms with Gasteiger partial charge in [0.1, 0.15) is 12.0 Å². The fourth-order valence-electron chi connectivity index (χ4n) is 3.86. The zero-order valence-electron chi connectivity index (χ0n) is 20.3. The summed E-state index contributed by atoms with van der Waals surface area (Å²) in [5, 5.41) is 10.1. The SMILES string of the molecule is Cc1cccc(-c2[nH]c3ccc(CNC(=O)c4cncnc4C)cc3c2C)c1.NC(=O)c1ccn[nH]1. The molecule has 5 aromatic rings. The summed E-state index contributed by atoms with van der Waals surface area (Å²) < 4.78 is 0. The lowest BCUT2D eigenvalue weighted by molar-refractivity contribution is 0.0948. The van der Waals surface area contributed by atoms with Crippen molar-refractivity contribution in [3.05, 3.63) is 101 Å². The summed E-state index contributed by atoms with van der Waals surface area (Å²) in [5.41, 5.74) is 13.3. The number of aryl methyl sites for hydroxylation is 3. The molecule has 2 aromatic carbocycles. The number of amides is 2. The van der Waals surface area contributed by atoms with Crippen molar-refractivity contribution < 1.29 is 9.59 Å². The Morgan fingerprint density at radius 3 is 2.56 bits per heavy atom. The molecule has 5 rings (SSSR count). The fraction of sp³-hybridized carbons (Fsp3) is 0.148. The number of nitrogens with one attached hydrogen (secondary N) is 3. The van der Waals surface area contributed by atoms with Gasteiger partial charge in [-0.1, -0.05) is 29.8 Å². The summed E-state index contributed by atoms with van der Waals surface area (Å²) in [6.07, 6.45) is 4.46. The summed E-state index contributed by atoms with van der Waals surface area (Å²) in [6.45, 7) is 6.48. The van der Waals surface area contributed by atoms with E-state index in [-0.39, 0.29) is 5.91 Å². The minimum Gasteiger partial charge on any atom is -0.364 e. The Balaban J connectivity index is 0.000000325. The molecule has 0 unspecified atom stereocenters. The largest absolute Gasteiger partial charge is 0.364 e. The van der Waals surface area contributed by atoms with Crippen LogP contribution in [0.3, 0.4) is 0 Å². The van der Waals surface area contributed by atoms with E-state index in [4.69, 9.17) is 5.73 Å². The summed E-state index contributed by atoms with van der Waals surface area (Å²) in [4.78, 5) is 34.1. The van der Waals surface area contributed by atoms with E-state index in [1.54, 1.807) is 13.1 Å². The van der Waals surface area contributed by atoms with Crippen LogP contribution in [0.15, 0.2) is 67.3 Å². The number of aromatic amines is 2. The first-order valence-electron chi connectivity index (χ1n) is 11.4. The van der Waals surface area contributed by atoms with E-state index >= 15 is 0 Å². The first-order valence-corrected chi connectivity index (χ1v) is 11.4. The molecule has 9 nitrogen and oxygen atoms in total. The van der Waals surface area contributed by atoms with Gasteiger partial charge in [0.05, 0.1) is 11.3 Å². The minimum absolute atomic E-state index is 0.163. The van der Waals surface area contributed by atoms with Crippen LogP contribution in [0.2, 0.25) is 0 Å². The van der Waals surface area contributed by atoms with Crippen molar-refractivity contribution in [3.8, 4) is 11.3 Å². The number of primary amides is 1. The van der Waals surface area contributed by atoms with Gasteiger partial charge in [-0.15, -0.1) is 0 Å². The molecule has 0 saturated heterocycles. The molecule has 0 aliphatic rings. The highest BCUT2D eigenvalue weighted by Crippen LogP contribution is 2.30. The van der Waals surface area contributed by atoms with Gasteiger partial charge in [-0.2, -0.15) is 5.10 Å². The van der Waals surface area contributed by atoms with Gasteiger partial charge in [-0.05, 0) is 61.7 Å². The normalized spacial score (nSPS) is 10.5. The lowest BCUT2D eigenvalue weighted by Crippen LogP contribution is -2.24. The molecule has 3 heterocycles. The van der Waals surface area contributed by atoms with E-state index in [1.165, 1.54) is 40.7 Å². The van der Waals surface area contributed by atoms with Gasteiger partial charge in [-0.25, -0.2) is 9.97 Å². The molecule has 36 heavy (non-hydrogen) atoms. The molecule has 182 valence electrons. The van der Waals surface area contributed by atoms with Crippen molar-refractivity contribution in [2.75, 3.05) is 0 Å². The number of fused-ring (bicyclic) bond motifs is 1. The number of rotatable bonds is 5. The second-order valence-corrected chi connectivity index (χ2v) is 8.41. The highest BCUT2D eigenvalue weighted by molar-refractivity contribution is 5.95. The lowest BCUT2D eigenvalue weighted by Gasteiger charge is -2.07. The van der Waals surface area contributed by atoms with E-state index in [2.05, 4.69) is 80.7 Å². The van der Waals surface area contributed by atoms with Crippen LogP contribution < -0.4 is 11.1 Å². The Labute approximate surface area is 208 Å². The van der Waals surface area contributed by atoms with Crippen molar-refractivity contribution in [2.24, 2.45) is 5.73 Å². The van der Waals surface area contributed by atoms with Crippen molar-refractivity contribution >= 4 is 22.7 Å². The average Bonchev–Trinajstić information content (AvgIpc) is 3.52. The average molecular weight is 482 g/mol. The highest BCUT2D eigenvalue weighted by atomic mass is 16.2. The number of nitrogens with two attached hydrogens (primary N) is 1. The van der Waals surface area contributed by atoms with Crippen LogP contribution in [0, 0.1) is 20.8 Å². The monoisotopic (exact) mass is 481 g/mol. The van der Waals surface area contributed by atoms with Gasteiger partial charge < -0.3 is 16.0 Å². The molecule has 5 N–H and O–H groups in total. The minimum atomic E-state index is -0.484. The first-order chi connectivity index (χ1) is 17.3. The summed E-state index contributed by atoms with van der Waals surface area (Å²) >= 11 is 0. The summed E-state index contributed by atoms with van der Waals surface area (Å²) in [5.74, 6) is -0.646. The second-order valence-electron chi connectivity index (χ2n) is 8.41. The van der Waals surface area contributed by atoms with Crippen LogP contribution in [0.5, 0.6) is 0 Å². The Morgan fingerprint density at radius 2 is 1.89 bits per heavy atom. The number of aromatic nitrogens is 5. The standard InChI is InChI=1S/C23H22N4O.C4H5N3O/c1-14-5-4-6-18(9-14)22-15(2)19-10-17(7-8-21(19)27-22)11-25-23(28)20-12-24-13-26-16(20)3;5-4(8)3-1-2-6-7-3/h4-10,12-13,27H,11H2,1-3H3,(H,25,28);1-2H,(H2,5,8)(H,6,7). The summed E-state index contributed by atoms with van der Waals surface area (Å²) in [7, 11) is 0. The van der Waals surface area contributed by atoms with E-state index in [9.17, 15) is 9.59 Å². The highest BCUT2D eigenvalue weighted by Gasteiger charge is 2.12. The number of H-pyrrole nitrogens is 2. The molecule has 0 radical (unpaired) electrons. The van der Waals surface area contributed by atoms with Crippen molar-refractivity contribution in [3.63, 3.8) is 0 Å². The van der Waals surface area contributed by atoms with E-state index in [0.29, 0.717) is 23.5 Å². The van der Waals surface area contributed by atoms with Crippen LogP contribution in [-0.2, 0) is 6.54 Å². The second kappa shape index (κ2) is 10.6. The topological polar surface area (TPSA) is 142 Å². The molecule has 0 saturated carbocycles. The zero-order valence-corrected chi connectivity index (χ0v) is 20.3. The molecule has 2 amide bonds. The number of nitrogens with zero attached hydrogens (tertiary/aromatic N) is 3. The van der Waals surface area contributed by atoms with E-state index in [0.717, 1.165) is 16.8 Å². The number of benzene rings is 2. The first kappa shape index (κ1) is 24.3. The van der Waals surface area contributed by atoms with Gasteiger partial charge in [-0.3, -0.25) is 14.7 Å². The molecule has 0 aliphatic heterocycles. The van der Waals surface area contributed by atoms with Gasteiger partial charge in [0.15, 0.2) is 0 Å². The maximum atomic E-state index is 12.4. The quantitative estimate of drug-likeness (QED) is 0.300. The third-order valence-electron chi connectivity index (χ3n) is 5.80. The van der Waals surface area contributed by atoms with Crippen molar-refractivity contribution in [1.29, 1.82) is 0 Å². The van der Waals surface area contributed by atoms with E-state index in [1.807, 2.05) is 6.07 Å². The number of hydrogen-bond acceptors (Lipinski definition) is 5. The molecular formula is C27H27N7O2. The molecule has 0 spiro atoms. The summed E-state index contributed by atoms with van der Waals surface area (Å²) in [6, 6.07) is 16.2. The van der Waals surface area contributed by atoms with Crippen molar-refractivity contribution in [1.82, 2.24) is 30.5 Å². The number of carbonyl (C=O) groups is 2. The predicted octanol–water partition coefficient (Wildman–Crippen LogP) is 3.99. The maximum Gasteiger partial charge on any atom is 0.266 e. The van der Waals surface area contributed by atoms with E-state index < -0.39 is 5.91 Å². The Bertz CT molecular complexity index is 1520. The van der Waals surface area contributed by atoms with Gasteiger partial charge in [0.2, 0.25) is 0 Å². The Kier molecular flexibility index (Phi) is 7.20. The lowest BCUT2D eigenvalue weighted by atomic mass is 10.0. The molecule has 0 aliphatic carbocycles.